The molecule has 3 rings (SSSR count). The van der Waals surface area contributed by atoms with E-state index in [1.807, 2.05) is 6.07 Å². The van der Waals surface area contributed by atoms with Crippen molar-refractivity contribution < 1.29 is 19.1 Å². The van der Waals surface area contributed by atoms with Gasteiger partial charge in [0.05, 0.1) is 5.69 Å². The van der Waals surface area contributed by atoms with Gasteiger partial charge in [-0.05, 0) is 43.2 Å². The predicted octanol–water partition coefficient (Wildman–Crippen LogP) is 2.34. The minimum atomic E-state index is -1.17. The van der Waals surface area contributed by atoms with Crippen molar-refractivity contribution in [3.63, 3.8) is 0 Å². The molecule has 0 aliphatic heterocycles. The van der Waals surface area contributed by atoms with Gasteiger partial charge in [-0.2, -0.15) is 10.2 Å². The number of carboxylic acid groups (broad SMARTS) is 1. The second-order valence-electron chi connectivity index (χ2n) is 6.09. The molecule has 0 saturated heterocycles. The maximum absolute atomic E-state index is 13.0. The van der Waals surface area contributed by atoms with Crippen molar-refractivity contribution >= 4 is 11.9 Å². The molecule has 0 atom stereocenters. The van der Waals surface area contributed by atoms with Crippen LogP contribution >= 0.6 is 0 Å². The Hall–Kier alpha value is -3.49. The number of carbonyl (C=O) groups is 2. The van der Waals surface area contributed by atoms with E-state index < -0.39 is 5.97 Å². The van der Waals surface area contributed by atoms with E-state index in [4.69, 9.17) is 5.11 Å². The SMILES string of the molecule is CN(CCCc1cc(-c2ccc(F)cc2)n[nH]1)C(=O)c1cc(C(=O)O)[nH]n1. The van der Waals surface area contributed by atoms with Gasteiger partial charge in [0.25, 0.3) is 5.91 Å². The molecule has 0 spiro atoms. The van der Waals surface area contributed by atoms with E-state index in [0.29, 0.717) is 19.4 Å². The number of benzene rings is 1. The molecule has 140 valence electrons. The summed E-state index contributed by atoms with van der Waals surface area (Å²) in [7, 11) is 1.63. The van der Waals surface area contributed by atoms with Crippen LogP contribution in [0.15, 0.2) is 36.4 Å². The molecule has 2 aromatic heterocycles. The Labute approximate surface area is 154 Å². The monoisotopic (exact) mass is 371 g/mol. The normalized spacial score (nSPS) is 10.7. The number of carbonyl (C=O) groups excluding carboxylic acids is 1. The lowest BCUT2D eigenvalue weighted by molar-refractivity contribution is 0.0690. The highest BCUT2D eigenvalue weighted by Crippen LogP contribution is 2.18. The van der Waals surface area contributed by atoms with Crippen molar-refractivity contribution in [2.24, 2.45) is 0 Å². The number of aromatic carboxylic acids is 1. The van der Waals surface area contributed by atoms with Gasteiger partial charge in [-0.15, -0.1) is 0 Å². The molecule has 3 aromatic rings. The summed E-state index contributed by atoms with van der Waals surface area (Å²) in [5, 5.41) is 22.1. The first-order chi connectivity index (χ1) is 12.9. The van der Waals surface area contributed by atoms with E-state index in [2.05, 4.69) is 20.4 Å². The molecule has 0 radical (unpaired) electrons. The van der Waals surface area contributed by atoms with Crippen LogP contribution < -0.4 is 0 Å². The molecular formula is C18H18FN5O3. The Bertz CT molecular complexity index is 948. The first-order valence-electron chi connectivity index (χ1n) is 8.28. The molecule has 27 heavy (non-hydrogen) atoms. The second kappa shape index (κ2) is 7.81. The zero-order valence-electron chi connectivity index (χ0n) is 14.6. The number of hydrogen-bond acceptors (Lipinski definition) is 4. The summed E-state index contributed by atoms with van der Waals surface area (Å²) >= 11 is 0. The molecule has 3 N–H and O–H groups in total. The first-order valence-corrected chi connectivity index (χ1v) is 8.28. The van der Waals surface area contributed by atoms with E-state index >= 15 is 0 Å². The fourth-order valence-electron chi connectivity index (χ4n) is 2.60. The molecule has 0 aliphatic carbocycles. The number of rotatable bonds is 7. The number of H-pyrrole nitrogens is 2. The fraction of sp³-hybridized carbons (Fsp3) is 0.222. The fourth-order valence-corrected chi connectivity index (χ4v) is 2.60. The minimum Gasteiger partial charge on any atom is -0.477 e. The van der Waals surface area contributed by atoms with Gasteiger partial charge in [0.15, 0.2) is 5.69 Å². The van der Waals surface area contributed by atoms with Gasteiger partial charge in [0.1, 0.15) is 11.5 Å². The summed E-state index contributed by atoms with van der Waals surface area (Å²) in [4.78, 5) is 24.6. The number of nitrogens with zero attached hydrogens (tertiary/aromatic N) is 3. The van der Waals surface area contributed by atoms with Gasteiger partial charge in [-0.25, -0.2) is 9.18 Å². The third-order valence-corrected chi connectivity index (χ3v) is 4.08. The second-order valence-corrected chi connectivity index (χ2v) is 6.09. The summed E-state index contributed by atoms with van der Waals surface area (Å²) < 4.78 is 13.0. The molecule has 0 saturated carbocycles. The van der Waals surface area contributed by atoms with Gasteiger partial charge in [0, 0.05) is 30.9 Å². The Morgan fingerprint density at radius 2 is 1.89 bits per heavy atom. The predicted molar refractivity (Wildman–Crippen MR) is 94.8 cm³/mol. The number of nitrogens with one attached hydrogen (secondary N) is 2. The molecule has 0 aliphatic rings. The number of hydrogen-bond donors (Lipinski definition) is 3. The lowest BCUT2D eigenvalue weighted by Gasteiger charge is -2.15. The number of carboxylic acids is 1. The molecule has 1 aromatic carbocycles. The van der Waals surface area contributed by atoms with Crippen molar-refractivity contribution in [1.29, 1.82) is 0 Å². The van der Waals surface area contributed by atoms with Gasteiger partial charge < -0.3 is 10.0 Å². The standard InChI is InChI=1S/C18H18FN5O3/c1-24(17(25)15-10-16(18(26)27)23-22-15)8-2-3-13-9-14(21-20-13)11-4-6-12(19)7-5-11/h4-7,9-10H,2-3,8H2,1H3,(H,20,21)(H,22,23)(H,26,27). The van der Waals surface area contributed by atoms with Crippen LogP contribution in [0.5, 0.6) is 0 Å². The summed E-state index contributed by atoms with van der Waals surface area (Å²) in [5.41, 5.74) is 2.39. The highest BCUT2D eigenvalue weighted by molar-refractivity contribution is 5.95. The molecule has 0 bridgehead atoms. The van der Waals surface area contributed by atoms with E-state index in [9.17, 15) is 14.0 Å². The number of amides is 1. The van der Waals surface area contributed by atoms with Gasteiger partial charge in [0.2, 0.25) is 0 Å². The van der Waals surface area contributed by atoms with E-state index in [0.717, 1.165) is 17.0 Å². The van der Waals surface area contributed by atoms with Crippen LogP contribution in [0.2, 0.25) is 0 Å². The summed E-state index contributed by atoms with van der Waals surface area (Å²) in [6.07, 6.45) is 1.36. The molecule has 2 heterocycles. The number of aromatic amines is 2. The third-order valence-electron chi connectivity index (χ3n) is 4.08. The van der Waals surface area contributed by atoms with E-state index in [1.54, 1.807) is 19.2 Å². The highest BCUT2D eigenvalue weighted by Gasteiger charge is 2.17. The van der Waals surface area contributed by atoms with Crippen LogP contribution in [0.1, 0.15) is 33.1 Å². The molecule has 0 fully saturated rings. The lowest BCUT2D eigenvalue weighted by atomic mass is 10.1. The highest BCUT2D eigenvalue weighted by atomic mass is 19.1. The van der Waals surface area contributed by atoms with Crippen LogP contribution in [0, 0.1) is 5.82 Å². The first kappa shape index (κ1) is 18.3. The van der Waals surface area contributed by atoms with Crippen molar-refractivity contribution in [1.82, 2.24) is 25.3 Å². The zero-order chi connectivity index (χ0) is 19.4. The molecule has 9 heteroatoms. The molecule has 8 nitrogen and oxygen atoms in total. The van der Waals surface area contributed by atoms with Gasteiger partial charge >= 0.3 is 5.97 Å². The lowest BCUT2D eigenvalue weighted by Crippen LogP contribution is -2.28. The van der Waals surface area contributed by atoms with Crippen molar-refractivity contribution in [3.8, 4) is 11.3 Å². The van der Waals surface area contributed by atoms with Gasteiger partial charge in [-0.3, -0.25) is 15.0 Å². The average molecular weight is 371 g/mol. The van der Waals surface area contributed by atoms with E-state index in [1.165, 1.54) is 23.1 Å². The summed E-state index contributed by atoms with van der Waals surface area (Å²) in [6.45, 7) is 0.471. The average Bonchev–Trinajstić information content (AvgIpc) is 3.31. The Kier molecular flexibility index (Phi) is 5.30. The Morgan fingerprint density at radius 3 is 2.56 bits per heavy atom. The smallest absolute Gasteiger partial charge is 0.353 e. The van der Waals surface area contributed by atoms with E-state index in [-0.39, 0.29) is 23.1 Å². The maximum atomic E-state index is 13.0. The van der Waals surface area contributed by atoms with Crippen molar-refractivity contribution in [2.45, 2.75) is 12.8 Å². The minimum absolute atomic E-state index is 0.0648. The quantitative estimate of drug-likeness (QED) is 0.590. The molecule has 1 amide bonds. The zero-order valence-corrected chi connectivity index (χ0v) is 14.6. The number of halogens is 1. The number of aromatic nitrogens is 4. The molecular weight excluding hydrogens is 353 g/mol. The van der Waals surface area contributed by atoms with Crippen LogP contribution in [-0.2, 0) is 6.42 Å². The van der Waals surface area contributed by atoms with Crippen LogP contribution in [-0.4, -0.2) is 55.9 Å². The van der Waals surface area contributed by atoms with Crippen LogP contribution in [0.25, 0.3) is 11.3 Å². The van der Waals surface area contributed by atoms with Crippen molar-refractivity contribution in [3.05, 3.63) is 59.3 Å². The largest absolute Gasteiger partial charge is 0.477 e. The summed E-state index contributed by atoms with van der Waals surface area (Å²) in [6, 6.07) is 9.20. The Balaban J connectivity index is 1.52. The van der Waals surface area contributed by atoms with Crippen LogP contribution in [0.3, 0.4) is 0 Å². The molecule has 0 unspecified atom stereocenters. The maximum Gasteiger partial charge on any atom is 0.353 e. The Morgan fingerprint density at radius 1 is 1.15 bits per heavy atom. The third kappa shape index (κ3) is 4.38. The number of aryl methyl sites for hydroxylation is 1. The van der Waals surface area contributed by atoms with Crippen LogP contribution in [0.4, 0.5) is 4.39 Å². The topological polar surface area (TPSA) is 115 Å². The van der Waals surface area contributed by atoms with Gasteiger partial charge in [-0.1, -0.05) is 0 Å². The van der Waals surface area contributed by atoms with Crippen molar-refractivity contribution in [2.75, 3.05) is 13.6 Å². The summed E-state index contributed by atoms with van der Waals surface area (Å²) in [5.74, 6) is -1.81.